The number of nitrogens with one attached hydrogen (secondary N) is 1. The first-order valence-electron chi connectivity index (χ1n) is 4.48. The molecule has 1 aromatic rings. The Kier molecular flexibility index (Phi) is 4.36. The third-order valence-electron chi connectivity index (χ3n) is 1.50. The second-order valence-corrected chi connectivity index (χ2v) is 3.80. The van der Waals surface area contributed by atoms with E-state index in [0.717, 1.165) is 5.69 Å². The van der Waals surface area contributed by atoms with Gasteiger partial charge in [0.15, 0.2) is 0 Å². The van der Waals surface area contributed by atoms with Crippen LogP contribution >= 0.6 is 11.8 Å². The Morgan fingerprint density at radius 3 is 3.00 bits per heavy atom. The maximum Gasteiger partial charge on any atom is 0.346 e. The normalized spacial score (nSPS) is 10.0. The van der Waals surface area contributed by atoms with E-state index in [2.05, 4.69) is 9.97 Å². The van der Waals surface area contributed by atoms with Crippen LogP contribution in [0.4, 0.5) is 0 Å². The fraction of sp³-hybridized carbons (Fsp3) is 0.444. The third kappa shape index (κ3) is 4.16. The molecular weight excluding hydrogens is 216 g/mol. The summed E-state index contributed by atoms with van der Waals surface area (Å²) >= 11 is 1.19. The van der Waals surface area contributed by atoms with E-state index in [0.29, 0.717) is 11.6 Å². The summed E-state index contributed by atoms with van der Waals surface area (Å²) in [4.78, 5) is 28.3. The highest BCUT2D eigenvalue weighted by Crippen LogP contribution is 2.13. The average molecular weight is 228 g/mol. The molecule has 0 aliphatic carbocycles. The van der Waals surface area contributed by atoms with Gasteiger partial charge in [0.1, 0.15) is 5.03 Å². The first-order chi connectivity index (χ1) is 7.11. The van der Waals surface area contributed by atoms with Crippen LogP contribution in [0.1, 0.15) is 12.6 Å². The number of esters is 1. The van der Waals surface area contributed by atoms with Crippen molar-refractivity contribution in [1.82, 2.24) is 9.97 Å². The van der Waals surface area contributed by atoms with Gasteiger partial charge in [0, 0.05) is 5.69 Å². The molecule has 0 radical (unpaired) electrons. The molecule has 0 bridgehead atoms. The maximum atomic E-state index is 11.0. The summed E-state index contributed by atoms with van der Waals surface area (Å²) in [5, 5.41) is 0.532. The van der Waals surface area contributed by atoms with Crippen molar-refractivity contribution in [2.75, 3.05) is 12.4 Å². The Hall–Kier alpha value is -1.30. The number of hydrogen-bond acceptors (Lipinski definition) is 5. The molecule has 6 heteroatoms. The number of rotatable bonds is 4. The number of ether oxygens (including phenoxy) is 1. The van der Waals surface area contributed by atoms with Crippen LogP contribution in [0.25, 0.3) is 0 Å². The van der Waals surface area contributed by atoms with Gasteiger partial charge in [-0.25, -0.2) is 4.79 Å². The molecule has 5 nitrogen and oxygen atoms in total. The number of nitrogens with zero attached hydrogens (tertiary/aromatic N) is 1. The number of H-pyrrole nitrogens is 1. The van der Waals surface area contributed by atoms with Crippen LogP contribution in [0.15, 0.2) is 15.9 Å². The van der Waals surface area contributed by atoms with E-state index in [9.17, 15) is 9.59 Å². The summed E-state index contributed by atoms with van der Waals surface area (Å²) < 4.78 is 4.75. The van der Waals surface area contributed by atoms with Gasteiger partial charge in [-0.2, -0.15) is 4.98 Å². The van der Waals surface area contributed by atoms with Gasteiger partial charge in [0.05, 0.1) is 12.4 Å². The van der Waals surface area contributed by atoms with E-state index in [1.807, 2.05) is 0 Å². The van der Waals surface area contributed by atoms with Gasteiger partial charge in [0.2, 0.25) is 0 Å². The molecule has 0 atom stereocenters. The number of aromatic amines is 1. The monoisotopic (exact) mass is 228 g/mol. The predicted octanol–water partition coefficient (Wildman–Crippen LogP) is 0.734. The standard InChI is InChI=1S/C9H12N2O3S/c1-3-14-8(12)5-15-7-4-6(2)10-9(13)11-7/h4H,3,5H2,1-2H3,(H,10,11,13). The zero-order chi connectivity index (χ0) is 11.3. The van der Waals surface area contributed by atoms with Crippen molar-refractivity contribution in [1.29, 1.82) is 0 Å². The number of aryl methyl sites for hydroxylation is 1. The Labute approximate surface area is 91.3 Å². The molecule has 0 aliphatic rings. The van der Waals surface area contributed by atoms with E-state index in [1.165, 1.54) is 11.8 Å². The largest absolute Gasteiger partial charge is 0.465 e. The summed E-state index contributed by atoms with van der Waals surface area (Å²) in [6.07, 6.45) is 0. The molecule has 0 amide bonds. The molecule has 1 rings (SSSR count). The quantitative estimate of drug-likeness (QED) is 0.467. The van der Waals surface area contributed by atoms with E-state index < -0.39 is 5.69 Å². The van der Waals surface area contributed by atoms with Gasteiger partial charge < -0.3 is 9.72 Å². The van der Waals surface area contributed by atoms with Crippen LogP contribution in [0.5, 0.6) is 0 Å². The molecular formula is C9H12N2O3S. The van der Waals surface area contributed by atoms with Gasteiger partial charge in [0.25, 0.3) is 0 Å². The molecule has 0 unspecified atom stereocenters. The summed E-state index contributed by atoms with van der Waals surface area (Å²) in [6, 6.07) is 1.71. The second kappa shape index (κ2) is 5.55. The topological polar surface area (TPSA) is 72.1 Å². The van der Waals surface area contributed by atoms with Crippen molar-refractivity contribution >= 4 is 17.7 Å². The van der Waals surface area contributed by atoms with Crippen molar-refractivity contribution in [2.45, 2.75) is 18.9 Å². The lowest BCUT2D eigenvalue weighted by molar-refractivity contribution is -0.139. The van der Waals surface area contributed by atoms with Crippen LogP contribution in [0.3, 0.4) is 0 Å². The van der Waals surface area contributed by atoms with Gasteiger partial charge in [-0.05, 0) is 19.9 Å². The van der Waals surface area contributed by atoms with E-state index >= 15 is 0 Å². The first kappa shape index (κ1) is 11.8. The SMILES string of the molecule is CCOC(=O)CSc1cc(C)[nH]c(=O)n1. The number of aromatic nitrogens is 2. The molecule has 0 fully saturated rings. The van der Waals surface area contributed by atoms with Crippen molar-refractivity contribution in [3.8, 4) is 0 Å². The molecule has 82 valence electrons. The fourth-order valence-electron chi connectivity index (χ4n) is 0.960. The molecule has 0 spiro atoms. The number of thioether (sulfide) groups is 1. The predicted molar refractivity (Wildman–Crippen MR) is 57.0 cm³/mol. The van der Waals surface area contributed by atoms with Crippen molar-refractivity contribution < 1.29 is 9.53 Å². The highest BCUT2D eigenvalue weighted by molar-refractivity contribution is 7.99. The lowest BCUT2D eigenvalue weighted by Crippen LogP contribution is -2.13. The molecule has 15 heavy (non-hydrogen) atoms. The Balaban J connectivity index is 2.58. The van der Waals surface area contributed by atoms with Gasteiger partial charge >= 0.3 is 11.7 Å². The molecule has 0 saturated heterocycles. The molecule has 1 heterocycles. The number of hydrogen-bond donors (Lipinski definition) is 1. The molecule has 0 aliphatic heterocycles. The summed E-state index contributed by atoms with van der Waals surface area (Å²) in [5.41, 5.74) is 0.322. The zero-order valence-electron chi connectivity index (χ0n) is 8.57. The van der Waals surface area contributed by atoms with Crippen molar-refractivity contribution in [3.05, 3.63) is 22.2 Å². The Morgan fingerprint density at radius 1 is 1.67 bits per heavy atom. The van der Waals surface area contributed by atoms with Crippen LogP contribution in [-0.4, -0.2) is 28.3 Å². The van der Waals surface area contributed by atoms with Gasteiger partial charge in [-0.15, -0.1) is 0 Å². The molecule has 1 aromatic heterocycles. The van der Waals surface area contributed by atoms with E-state index in [-0.39, 0.29) is 11.7 Å². The minimum absolute atomic E-state index is 0.170. The van der Waals surface area contributed by atoms with E-state index in [4.69, 9.17) is 4.74 Å². The van der Waals surface area contributed by atoms with Crippen molar-refractivity contribution in [2.24, 2.45) is 0 Å². The molecule has 1 N–H and O–H groups in total. The third-order valence-corrected chi connectivity index (χ3v) is 2.38. The molecule has 0 aromatic carbocycles. The van der Waals surface area contributed by atoms with Crippen LogP contribution in [0, 0.1) is 6.92 Å². The minimum Gasteiger partial charge on any atom is -0.465 e. The number of carbonyl (C=O) groups excluding carboxylic acids is 1. The summed E-state index contributed by atoms with van der Waals surface area (Å²) in [6.45, 7) is 3.87. The van der Waals surface area contributed by atoms with Crippen LogP contribution in [-0.2, 0) is 9.53 Å². The Morgan fingerprint density at radius 2 is 2.40 bits per heavy atom. The van der Waals surface area contributed by atoms with Crippen molar-refractivity contribution in [3.63, 3.8) is 0 Å². The zero-order valence-corrected chi connectivity index (χ0v) is 9.39. The lowest BCUT2D eigenvalue weighted by atomic mass is 10.5. The van der Waals surface area contributed by atoms with Crippen LogP contribution in [0.2, 0.25) is 0 Å². The van der Waals surface area contributed by atoms with Gasteiger partial charge in [-0.1, -0.05) is 11.8 Å². The maximum absolute atomic E-state index is 11.0. The minimum atomic E-state index is -0.402. The Bertz CT molecular complexity index is 403. The smallest absolute Gasteiger partial charge is 0.346 e. The highest BCUT2D eigenvalue weighted by atomic mass is 32.2. The first-order valence-corrected chi connectivity index (χ1v) is 5.46. The summed E-state index contributed by atoms with van der Waals surface area (Å²) in [7, 11) is 0. The molecule has 0 saturated carbocycles. The van der Waals surface area contributed by atoms with E-state index in [1.54, 1.807) is 19.9 Å². The number of carbonyl (C=O) groups is 1. The lowest BCUT2D eigenvalue weighted by Gasteiger charge is -2.01. The van der Waals surface area contributed by atoms with Crippen LogP contribution < -0.4 is 5.69 Å². The fourth-order valence-corrected chi connectivity index (χ4v) is 1.72. The average Bonchev–Trinajstić information content (AvgIpc) is 2.14. The highest BCUT2D eigenvalue weighted by Gasteiger charge is 2.05. The van der Waals surface area contributed by atoms with Gasteiger partial charge in [-0.3, -0.25) is 4.79 Å². The second-order valence-electron chi connectivity index (χ2n) is 2.80. The summed E-state index contributed by atoms with van der Waals surface area (Å²) in [5.74, 6) is -0.133.